The molecule has 0 amide bonds. The van der Waals surface area contributed by atoms with Crippen LogP contribution in [0.2, 0.25) is 0 Å². The highest BCUT2D eigenvalue weighted by atomic mass is 16.5. The average Bonchev–Trinajstić information content (AvgIpc) is 2.16. The summed E-state index contributed by atoms with van der Waals surface area (Å²) in [7, 11) is 0. The third kappa shape index (κ3) is 3.05. The minimum absolute atomic E-state index is 0.255. The molecule has 0 aliphatic heterocycles. The number of rotatable bonds is 4. The fourth-order valence-electron chi connectivity index (χ4n) is 0.896. The lowest BCUT2D eigenvalue weighted by Gasteiger charge is -2.09. The van der Waals surface area contributed by atoms with Gasteiger partial charge in [-0.25, -0.2) is 0 Å². The molecule has 1 nitrogen and oxygen atoms in total. The molecule has 0 aliphatic rings. The van der Waals surface area contributed by atoms with Crippen molar-refractivity contribution in [3.05, 3.63) is 42.8 Å². The van der Waals surface area contributed by atoms with E-state index in [-0.39, 0.29) is 6.10 Å². The summed E-state index contributed by atoms with van der Waals surface area (Å²) in [5, 5.41) is 0. The van der Waals surface area contributed by atoms with E-state index in [1.54, 1.807) is 0 Å². The first kappa shape index (κ1) is 9.27. The van der Waals surface area contributed by atoms with Crippen molar-refractivity contribution in [1.29, 1.82) is 0 Å². The van der Waals surface area contributed by atoms with E-state index >= 15 is 0 Å². The Kier molecular flexibility index (Phi) is 3.81. The van der Waals surface area contributed by atoms with Gasteiger partial charge in [-0.05, 0) is 18.9 Å². The summed E-state index contributed by atoms with van der Waals surface area (Å²) in [4.78, 5) is 0. The molecule has 0 aromatic heterocycles. The summed E-state index contributed by atoms with van der Waals surface area (Å²) >= 11 is 0. The Morgan fingerprint density at radius 1 is 1.33 bits per heavy atom. The minimum atomic E-state index is 0.255. The number of hydrogen-bond acceptors (Lipinski definition) is 1. The van der Waals surface area contributed by atoms with Crippen LogP contribution < -0.4 is 0 Å². The standard InChI is InChI=1S/C11H15O/c1-3-10(2)12-9-11-7-5-4-6-8-11/h4-8,10H,1,3,9H2,2H3. The molecule has 0 N–H and O–H groups in total. The molecule has 0 saturated heterocycles. The van der Waals surface area contributed by atoms with Crippen molar-refractivity contribution in [2.24, 2.45) is 0 Å². The maximum absolute atomic E-state index is 5.51. The topological polar surface area (TPSA) is 9.23 Å². The summed E-state index contributed by atoms with van der Waals surface area (Å²) in [6, 6.07) is 10.2. The molecule has 12 heavy (non-hydrogen) atoms. The molecule has 0 fully saturated rings. The molecule has 0 heterocycles. The summed E-state index contributed by atoms with van der Waals surface area (Å²) in [6.07, 6.45) is 1.08. The molecule has 0 aliphatic carbocycles. The van der Waals surface area contributed by atoms with Crippen LogP contribution in [0.5, 0.6) is 0 Å². The molecule has 0 bridgehead atoms. The van der Waals surface area contributed by atoms with Crippen molar-refractivity contribution in [2.75, 3.05) is 0 Å². The van der Waals surface area contributed by atoms with E-state index in [2.05, 4.69) is 19.1 Å². The van der Waals surface area contributed by atoms with E-state index in [0.29, 0.717) is 6.61 Å². The van der Waals surface area contributed by atoms with E-state index in [9.17, 15) is 0 Å². The zero-order chi connectivity index (χ0) is 8.81. The third-order valence-corrected chi connectivity index (χ3v) is 1.78. The van der Waals surface area contributed by atoms with E-state index in [4.69, 9.17) is 4.74 Å². The second-order valence-electron chi connectivity index (χ2n) is 2.90. The van der Waals surface area contributed by atoms with Gasteiger partial charge in [-0.3, -0.25) is 0 Å². The lowest BCUT2D eigenvalue weighted by atomic mass is 10.2. The molecule has 1 aromatic rings. The van der Waals surface area contributed by atoms with Gasteiger partial charge in [0.25, 0.3) is 0 Å². The SMILES string of the molecule is [CH2]CC(C)OCc1ccccc1. The van der Waals surface area contributed by atoms with Crippen LogP contribution >= 0.6 is 0 Å². The van der Waals surface area contributed by atoms with Crippen LogP contribution in [0.25, 0.3) is 0 Å². The predicted octanol–water partition coefficient (Wildman–Crippen LogP) is 2.82. The molecule has 1 heteroatoms. The second-order valence-corrected chi connectivity index (χ2v) is 2.90. The molecule has 1 radical (unpaired) electrons. The highest BCUT2D eigenvalue weighted by molar-refractivity contribution is 5.13. The molecule has 1 rings (SSSR count). The van der Waals surface area contributed by atoms with Gasteiger partial charge in [0, 0.05) is 0 Å². The van der Waals surface area contributed by atoms with Gasteiger partial charge in [0.15, 0.2) is 0 Å². The van der Waals surface area contributed by atoms with Gasteiger partial charge < -0.3 is 4.74 Å². The Bertz CT molecular complexity index is 206. The largest absolute Gasteiger partial charge is 0.374 e. The van der Waals surface area contributed by atoms with Crippen LogP contribution in [0.4, 0.5) is 0 Å². The van der Waals surface area contributed by atoms with Gasteiger partial charge >= 0.3 is 0 Å². The molecule has 1 aromatic carbocycles. The molecule has 65 valence electrons. The lowest BCUT2D eigenvalue weighted by molar-refractivity contribution is 0.0548. The lowest BCUT2D eigenvalue weighted by Crippen LogP contribution is -2.05. The van der Waals surface area contributed by atoms with Crippen LogP contribution in [0.3, 0.4) is 0 Å². The Balaban J connectivity index is 2.33. The zero-order valence-corrected chi connectivity index (χ0v) is 7.49. The third-order valence-electron chi connectivity index (χ3n) is 1.78. The van der Waals surface area contributed by atoms with Crippen molar-refractivity contribution in [2.45, 2.75) is 26.1 Å². The maximum Gasteiger partial charge on any atom is 0.0720 e. The van der Waals surface area contributed by atoms with Crippen molar-refractivity contribution in [3.8, 4) is 0 Å². The Labute approximate surface area is 74.4 Å². The number of benzene rings is 1. The smallest absolute Gasteiger partial charge is 0.0720 e. The summed E-state index contributed by atoms with van der Waals surface area (Å²) in [5.74, 6) is 0. The summed E-state index contributed by atoms with van der Waals surface area (Å²) < 4.78 is 5.51. The van der Waals surface area contributed by atoms with Crippen LogP contribution in [0.15, 0.2) is 30.3 Å². The first-order valence-corrected chi connectivity index (χ1v) is 4.27. The Morgan fingerprint density at radius 3 is 2.58 bits per heavy atom. The monoisotopic (exact) mass is 163 g/mol. The van der Waals surface area contributed by atoms with Gasteiger partial charge in [-0.1, -0.05) is 37.3 Å². The van der Waals surface area contributed by atoms with E-state index in [0.717, 1.165) is 6.42 Å². The first-order chi connectivity index (χ1) is 5.83. The number of hydrogen-bond donors (Lipinski definition) is 0. The number of ether oxygens (including phenoxy) is 1. The molecule has 0 saturated carbocycles. The Hall–Kier alpha value is -0.820. The molecular weight excluding hydrogens is 148 g/mol. The highest BCUT2D eigenvalue weighted by Crippen LogP contribution is 2.04. The highest BCUT2D eigenvalue weighted by Gasteiger charge is 1.97. The fraction of sp³-hybridized carbons (Fsp3) is 0.364. The Morgan fingerprint density at radius 2 is 2.00 bits per heavy atom. The van der Waals surface area contributed by atoms with Crippen LogP contribution in [-0.2, 0) is 11.3 Å². The molecule has 1 atom stereocenters. The van der Waals surface area contributed by atoms with Crippen molar-refractivity contribution < 1.29 is 4.74 Å². The van der Waals surface area contributed by atoms with E-state index < -0.39 is 0 Å². The van der Waals surface area contributed by atoms with Crippen molar-refractivity contribution >= 4 is 0 Å². The van der Waals surface area contributed by atoms with Crippen LogP contribution in [0, 0.1) is 6.92 Å². The predicted molar refractivity (Wildman–Crippen MR) is 50.7 cm³/mol. The van der Waals surface area contributed by atoms with Crippen molar-refractivity contribution in [1.82, 2.24) is 0 Å². The van der Waals surface area contributed by atoms with Gasteiger partial charge in [0.05, 0.1) is 12.7 Å². The maximum atomic E-state index is 5.51. The van der Waals surface area contributed by atoms with Gasteiger partial charge in [-0.15, -0.1) is 0 Å². The van der Waals surface area contributed by atoms with Crippen LogP contribution in [-0.4, -0.2) is 6.10 Å². The normalized spacial score (nSPS) is 12.8. The van der Waals surface area contributed by atoms with Gasteiger partial charge in [0.1, 0.15) is 0 Å². The minimum Gasteiger partial charge on any atom is -0.374 e. The van der Waals surface area contributed by atoms with E-state index in [1.807, 2.05) is 25.1 Å². The summed E-state index contributed by atoms with van der Waals surface area (Å²) in [5.41, 5.74) is 1.22. The molecule has 1 unspecified atom stereocenters. The van der Waals surface area contributed by atoms with Crippen LogP contribution in [0.1, 0.15) is 18.9 Å². The van der Waals surface area contributed by atoms with Gasteiger partial charge in [-0.2, -0.15) is 0 Å². The zero-order valence-electron chi connectivity index (χ0n) is 7.49. The first-order valence-electron chi connectivity index (χ1n) is 4.27. The quantitative estimate of drug-likeness (QED) is 0.663. The van der Waals surface area contributed by atoms with Crippen molar-refractivity contribution in [3.63, 3.8) is 0 Å². The fourth-order valence-corrected chi connectivity index (χ4v) is 0.896. The second kappa shape index (κ2) is 4.94. The van der Waals surface area contributed by atoms with E-state index in [1.165, 1.54) is 5.56 Å². The van der Waals surface area contributed by atoms with Gasteiger partial charge in [0.2, 0.25) is 0 Å². The molecule has 0 spiro atoms. The average molecular weight is 163 g/mol. The molecular formula is C11H15O. The summed E-state index contributed by atoms with van der Waals surface area (Å²) in [6.45, 7) is 6.50.